The van der Waals surface area contributed by atoms with E-state index in [-0.39, 0.29) is 18.9 Å². The van der Waals surface area contributed by atoms with E-state index in [1.807, 2.05) is 0 Å². The molecule has 0 amide bonds. The molecule has 0 aromatic carbocycles. The van der Waals surface area contributed by atoms with Crippen molar-refractivity contribution in [3.63, 3.8) is 0 Å². The minimum absolute atomic E-state index is 0. The van der Waals surface area contributed by atoms with E-state index in [4.69, 9.17) is 0 Å². The molecule has 0 atom stereocenters. The summed E-state index contributed by atoms with van der Waals surface area (Å²) in [6.45, 7) is 3.72. The number of nitrogens with zero attached hydrogens (tertiary/aromatic N) is 1. The van der Waals surface area contributed by atoms with Gasteiger partial charge in [0.2, 0.25) is 0 Å². The van der Waals surface area contributed by atoms with Crippen LogP contribution in [0.1, 0.15) is 122 Å². The van der Waals surface area contributed by atoms with Crippen LogP contribution in [-0.4, -0.2) is 42.4 Å². The first kappa shape index (κ1) is 22.6. The third-order valence-corrected chi connectivity index (χ3v) is 6.36. The third-order valence-electron chi connectivity index (χ3n) is 6.36. The average Bonchev–Trinajstić information content (AvgIpc) is 2.62. The Bertz CT molecular complexity index is 251. The van der Waals surface area contributed by atoms with E-state index < -0.39 is 0 Å². The maximum Gasteiger partial charge on any atom is 0.00981 e. The van der Waals surface area contributed by atoms with Gasteiger partial charge < -0.3 is 0 Å². The molecule has 0 saturated heterocycles. The van der Waals surface area contributed by atoms with Crippen molar-refractivity contribution < 1.29 is 0 Å². The Morgan fingerprint density at radius 2 is 1.00 bits per heavy atom. The minimum atomic E-state index is 0. The molecule has 1 radical (unpaired) electrons. The van der Waals surface area contributed by atoms with Crippen LogP contribution < -0.4 is 0 Å². The second-order valence-corrected chi connectivity index (χ2v) is 8.30. The van der Waals surface area contributed by atoms with E-state index in [1.165, 1.54) is 122 Å². The Balaban J connectivity index is 0.00000288. The Kier molecular flexibility index (Phi) is 13.8. The largest absolute Gasteiger partial charge is 0.297 e. The van der Waals surface area contributed by atoms with Crippen molar-refractivity contribution in [3.8, 4) is 0 Å². The van der Waals surface area contributed by atoms with Gasteiger partial charge in [0.25, 0.3) is 0 Å². The molecule has 0 heterocycles. The van der Waals surface area contributed by atoms with Crippen LogP contribution in [0.5, 0.6) is 0 Å². The Hall–Kier alpha value is 0.557. The SMILES string of the molecule is CCCCCCCCCCN(C1CCCCC1)C1CCCCC1.[Li]. The second-order valence-electron chi connectivity index (χ2n) is 8.30. The summed E-state index contributed by atoms with van der Waals surface area (Å²) in [5, 5.41) is 0. The van der Waals surface area contributed by atoms with Crippen molar-refractivity contribution in [2.45, 2.75) is 135 Å². The Morgan fingerprint density at radius 1 is 0.583 bits per heavy atom. The molecular weight excluding hydrogens is 285 g/mol. The van der Waals surface area contributed by atoms with E-state index in [0.29, 0.717) is 0 Å². The summed E-state index contributed by atoms with van der Waals surface area (Å²) in [5.41, 5.74) is 0. The molecule has 0 N–H and O–H groups in total. The predicted molar refractivity (Wildman–Crippen MR) is 109 cm³/mol. The van der Waals surface area contributed by atoms with Crippen LogP contribution in [0, 0.1) is 0 Å². The zero-order valence-corrected chi connectivity index (χ0v) is 17.0. The van der Waals surface area contributed by atoms with Crippen LogP contribution in [0.3, 0.4) is 0 Å². The number of rotatable bonds is 11. The van der Waals surface area contributed by atoms with E-state index in [1.54, 1.807) is 0 Å². The average molecular weight is 329 g/mol. The van der Waals surface area contributed by atoms with Crippen molar-refractivity contribution in [2.24, 2.45) is 0 Å². The first-order valence-corrected chi connectivity index (χ1v) is 11.2. The molecule has 1 nitrogen and oxygen atoms in total. The molecule has 0 unspecified atom stereocenters. The van der Waals surface area contributed by atoms with Gasteiger partial charge in [-0.15, -0.1) is 0 Å². The molecule has 2 fully saturated rings. The number of hydrogen-bond acceptors (Lipinski definition) is 1. The maximum atomic E-state index is 3.00. The van der Waals surface area contributed by atoms with E-state index in [2.05, 4.69) is 11.8 Å². The maximum absolute atomic E-state index is 3.00. The van der Waals surface area contributed by atoms with Crippen LogP contribution in [0.25, 0.3) is 0 Å². The normalized spacial score (nSPS) is 20.2. The van der Waals surface area contributed by atoms with Gasteiger partial charge >= 0.3 is 0 Å². The quantitative estimate of drug-likeness (QED) is 0.301. The number of hydrogen-bond donors (Lipinski definition) is 0. The molecule has 0 aliphatic heterocycles. The molecule has 2 aliphatic rings. The molecule has 0 aromatic rings. The molecule has 0 aromatic heterocycles. The van der Waals surface area contributed by atoms with Gasteiger partial charge in [-0.25, -0.2) is 0 Å². The fourth-order valence-corrected chi connectivity index (χ4v) is 4.92. The topological polar surface area (TPSA) is 3.24 Å². The molecule has 2 aliphatic carbocycles. The molecule has 2 rings (SSSR count). The monoisotopic (exact) mass is 328 g/mol. The van der Waals surface area contributed by atoms with Crippen molar-refractivity contribution in [3.05, 3.63) is 0 Å². The van der Waals surface area contributed by atoms with Gasteiger partial charge in [0, 0.05) is 30.9 Å². The van der Waals surface area contributed by atoms with Crippen LogP contribution in [-0.2, 0) is 0 Å². The van der Waals surface area contributed by atoms with Crippen molar-refractivity contribution >= 4 is 18.9 Å². The molecular formula is C22H43LiN. The van der Waals surface area contributed by atoms with Crippen LogP contribution >= 0.6 is 0 Å². The summed E-state index contributed by atoms with van der Waals surface area (Å²) in [5.74, 6) is 0. The standard InChI is InChI=1S/C22H43N.Li/c1-2-3-4-5-6-7-8-15-20-23(21-16-11-9-12-17-21)22-18-13-10-14-19-22;/h21-22H,2-20H2,1H3;. The van der Waals surface area contributed by atoms with Gasteiger partial charge in [-0.3, -0.25) is 4.90 Å². The zero-order chi connectivity index (χ0) is 16.2. The van der Waals surface area contributed by atoms with Crippen molar-refractivity contribution in [1.29, 1.82) is 0 Å². The fourth-order valence-electron chi connectivity index (χ4n) is 4.92. The number of unbranched alkanes of at least 4 members (excludes halogenated alkanes) is 7. The molecule has 24 heavy (non-hydrogen) atoms. The van der Waals surface area contributed by atoms with Crippen LogP contribution in [0.2, 0.25) is 0 Å². The van der Waals surface area contributed by atoms with Crippen molar-refractivity contribution in [2.75, 3.05) is 6.54 Å². The molecule has 0 bridgehead atoms. The van der Waals surface area contributed by atoms with Crippen LogP contribution in [0.15, 0.2) is 0 Å². The van der Waals surface area contributed by atoms with Gasteiger partial charge in [0.1, 0.15) is 0 Å². The second kappa shape index (κ2) is 14.7. The molecule has 2 heteroatoms. The van der Waals surface area contributed by atoms with Gasteiger partial charge in [-0.05, 0) is 38.6 Å². The molecule has 2 saturated carbocycles. The fraction of sp³-hybridized carbons (Fsp3) is 1.00. The Labute approximate surface area is 164 Å². The predicted octanol–water partition coefficient (Wildman–Crippen LogP) is 6.71. The first-order chi connectivity index (χ1) is 11.4. The van der Waals surface area contributed by atoms with Gasteiger partial charge in [-0.1, -0.05) is 90.4 Å². The smallest absolute Gasteiger partial charge is 0.00981 e. The minimum Gasteiger partial charge on any atom is -0.297 e. The third kappa shape index (κ3) is 8.78. The van der Waals surface area contributed by atoms with E-state index >= 15 is 0 Å². The summed E-state index contributed by atoms with van der Waals surface area (Å²) in [6.07, 6.45) is 26.6. The van der Waals surface area contributed by atoms with Gasteiger partial charge in [-0.2, -0.15) is 0 Å². The van der Waals surface area contributed by atoms with Crippen LogP contribution in [0.4, 0.5) is 0 Å². The summed E-state index contributed by atoms with van der Waals surface area (Å²) < 4.78 is 0. The molecule has 0 spiro atoms. The van der Waals surface area contributed by atoms with Gasteiger partial charge in [0.15, 0.2) is 0 Å². The van der Waals surface area contributed by atoms with Crippen molar-refractivity contribution in [1.82, 2.24) is 4.90 Å². The molecule has 137 valence electrons. The summed E-state index contributed by atoms with van der Waals surface area (Å²) in [4.78, 5) is 3.00. The Morgan fingerprint density at radius 3 is 1.46 bits per heavy atom. The first-order valence-electron chi connectivity index (χ1n) is 11.2. The van der Waals surface area contributed by atoms with Gasteiger partial charge in [0.05, 0.1) is 0 Å². The van der Waals surface area contributed by atoms with E-state index in [9.17, 15) is 0 Å². The summed E-state index contributed by atoms with van der Waals surface area (Å²) >= 11 is 0. The summed E-state index contributed by atoms with van der Waals surface area (Å²) in [7, 11) is 0. The zero-order valence-electron chi connectivity index (χ0n) is 17.0. The summed E-state index contributed by atoms with van der Waals surface area (Å²) in [6, 6.07) is 1.88. The van der Waals surface area contributed by atoms with E-state index in [0.717, 1.165) is 12.1 Å².